The molecule has 2 aliphatic rings. The third-order valence-electron chi connectivity index (χ3n) is 4.61. The highest BCUT2D eigenvalue weighted by Gasteiger charge is 2.45. The van der Waals surface area contributed by atoms with E-state index in [1.165, 1.54) is 11.0 Å². The zero-order chi connectivity index (χ0) is 15.0. The molecule has 1 heterocycles. The molecule has 0 atom stereocenters. The highest BCUT2D eigenvalue weighted by atomic mass is 16.2. The van der Waals surface area contributed by atoms with Gasteiger partial charge in [0.05, 0.1) is 23.0 Å². The number of nitrogens with two attached hydrogens (primary N) is 1. The number of amides is 2. The number of nitriles is 1. The Balaban J connectivity index is 1.92. The van der Waals surface area contributed by atoms with Gasteiger partial charge in [0, 0.05) is 12.8 Å². The Labute approximate surface area is 123 Å². The minimum atomic E-state index is -0.176. The second-order valence-electron chi connectivity index (χ2n) is 6.07. The number of carbonyl (C=O) groups is 2. The van der Waals surface area contributed by atoms with Crippen LogP contribution >= 0.6 is 0 Å². The minimum Gasteiger partial charge on any atom is -0.397 e. The van der Waals surface area contributed by atoms with Gasteiger partial charge in [-0.3, -0.25) is 9.59 Å². The summed E-state index contributed by atoms with van der Waals surface area (Å²) in [7, 11) is 0. The van der Waals surface area contributed by atoms with Gasteiger partial charge < -0.3 is 5.73 Å². The van der Waals surface area contributed by atoms with Crippen molar-refractivity contribution in [1.29, 1.82) is 5.26 Å². The zero-order valence-corrected chi connectivity index (χ0v) is 11.8. The molecule has 5 nitrogen and oxygen atoms in total. The average Bonchev–Trinajstić information content (AvgIpc) is 2.87. The summed E-state index contributed by atoms with van der Waals surface area (Å²) in [6, 6.07) is 6.64. The Morgan fingerprint density at radius 3 is 2.29 bits per heavy atom. The molecule has 1 aromatic rings. The van der Waals surface area contributed by atoms with Gasteiger partial charge in [-0.2, -0.15) is 5.26 Å². The maximum atomic E-state index is 12.5. The maximum absolute atomic E-state index is 12.5. The number of piperidine rings is 1. The molecular formula is C16H17N3O2. The molecule has 1 saturated carbocycles. The van der Waals surface area contributed by atoms with Crippen LogP contribution in [-0.2, 0) is 9.59 Å². The van der Waals surface area contributed by atoms with Crippen molar-refractivity contribution in [3.63, 3.8) is 0 Å². The number of hydrogen-bond acceptors (Lipinski definition) is 4. The molecule has 1 spiro atoms. The van der Waals surface area contributed by atoms with Crippen LogP contribution in [0.25, 0.3) is 0 Å². The Morgan fingerprint density at radius 2 is 1.76 bits per heavy atom. The molecule has 2 amide bonds. The lowest BCUT2D eigenvalue weighted by atomic mass is 9.76. The Hall–Kier alpha value is -2.35. The first kappa shape index (κ1) is 13.6. The van der Waals surface area contributed by atoms with Crippen LogP contribution in [0, 0.1) is 16.7 Å². The normalized spacial score (nSPS) is 20.8. The van der Waals surface area contributed by atoms with Crippen molar-refractivity contribution in [2.75, 3.05) is 10.6 Å². The topological polar surface area (TPSA) is 87.2 Å². The molecule has 21 heavy (non-hydrogen) atoms. The lowest BCUT2D eigenvalue weighted by Crippen LogP contribution is -2.47. The van der Waals surface area contributed by atoms with Crippen molar-refractivity contribution in [3.8, 4) is 6.07 Å². The second-order valence-corrected chi connectivity index (χ2v) is 6.07. The monoisotopic (exact) mass is 283 g/mol. The van der Waals surface area contributed by atoms with Crippen LogP contribution in [0.1, 0.15) is 44.1 Å². The van der Waals surface area contributed by atoms with Crippen LogP contribution in [0.2, 0.25) is 0 Å². The van der Waals surface area contributed by atoms with Crippen LogP contribution < -0.4 is 10.6 Å². The van der Waals surface area contributed by atoms with Gasteiger partial charge in [0.1, 0.15) is 0 Å². The number of anilines is 2. The highest BCUT2D eigenvalue weighted by Crippen LogP contribution is 2.47. The molecule has 1 aromatic carbocycles. The van der Waals surface area contributed by atoms with Crippen LogP contribution in [0.5, 0.6) is 0 Å². The summed E-state index contributed by atoms with van der Waals surface area (Å²) in [6.07, 6.45) is 4.94. The lowest BCUT2D eigenvalue weighted by molar-refractivity contribution is -0.133. The van der Waals surface area contributed by atoms with E-state index in [4.69, 9.17) is 11.0 Å². The van der Waals surface area contributed by atoms with Gasteiger partial charge in [0.2, 0.25) is 11.8 Å². The van der Waals surface area contributed by atoms with E-state index in [2.05, 4.69) is 0 Å². The Kier molecular flexibility index (Phi) is 3.17. The van der Waals surface area contributed by atoms with Crippen molar-refractivity contribution in [3.05, 3.63) is 23.8 Å². The van der Waals surface area contributed by atoms with Crippen molar-refractivity contribution >= 4 is 23.2 Å². The Morgan fingerprint density at radius 1 is 1.14 bits per heavy atom. The van der Waals surface area contributed by atoms with Crippen molar-refractivity contribution in [2.45, 2.75) is 38.5 Å². The Bertz CT molecular complexity index is 634. The quantitative estimate of drug-likeness (QED) is 0.633. The first-order valence-electron chi connectivity index (χ1n) is 7.20. The van der Waals surface area contributed by atoms with E-state index in [0.29, 0.717) is 24.1 Å². The fourth-order valence-corrected chi connectivity index (χ4v) is 3.58. The number of rotatable bonds is 1. The van der Waals surface area contributed by atoms with Gasteiger partial charge in [-0.1, -0.05) is 12.8 Å². The molecule has 1 saturated heterocycles. The van der Waals surface area contributed by atoms with E-state index >= 15 is 0 Å². The van der Waals surface area contributed by atoms with E-state index in [0.717, 1.165) is 25.7 Å². The highest BCUT2D eigenvalue weighted by molar-refractivity contribution is 6.18. The second kappa shape index (κ2) is 4.88. The molecule has 5 heteroatoms. The summed E-state index contributed by atoms with van der Waals surface area (Å²) in [6.45, 7) is 0. The third kappa shape index (κ3) is 2.27. The molecule has 0 bridgehead atoms. The standard InChI is InChI=1S/C16H17N3O2/c17-10-11-3-4-13(12(18)7-11)19-14(20)8-16(9-15(19)21)5-1-2-6-16/h3-4,7H,1-2,5-6,8-9,18H2. The minimum absolute atomic E-state index is 0.119. The van der Waals surface area contributed by atoms with E-state index in [-0.39, 0.29) is 22.9 Å². The molecule has 0 radical (unpaired) electrons. The smallest absolute Gasteiger partial charge is 0.234 e. The number of carbonyl (C=O) groups excluding carboxylic acids is 2. The summed E-state index contributed by atoms with van der Waals surface area (Å²) in [5.74, 6) is -0.353. The van der Waals surface area contributed by atoms with Crippen molar-refractivity contribution in [1.82, 2.24) is 0 Å². The van der Waals surface area contributed by atoms with E-state index in [9.17, 15) is 9.59 Å². The first-order chi connectivity index (χ1) is 10.0. The first-order valence-corrected chi connectivity index (χ1v) is 7.20. The average molecular weight is 283 g/mol. The van der Waals surface area contributed by atoms with Crippen LogP contribution in [0.15, 0.2) is 18.2 Å². The predicted molar refractivity (Wildman–Crippen MR) is 78.2 cm³/mol. The fourth-order valence-electron chi connectivity index (χ4n) is 3.58. The van der Waals surface area contributed by atoms with Gasteiger partial charge >= 0.3 is 0 Å². The maximum Gasteiger partial charge on any atom is 0.234 e. The molecule has 0 unspecified atom stereocenters. The molecule has 1 aliphatic carbocycles. The lowest BCUT2D eigenvalue weighted by Gasteiger charge is -2.37. The summed E-state index contributed by atoms with van der Waals surface area (Å²) in [5.41, 5.74) is 6.89. The largest absolute Gasteiger partial charge is 0.397 e. The van der Waals surface area contributed by atoms with Crippen LogP contribution in [0.3, 0.4) is 0 Å². The summed E-state index contributed by atoms with van der Waals surface area (Å²) in [5, 5.41) is 8.85. The van der Waals surface area contributed by atoms with Crippen molar-refractivity contribution < 1.29 is 9.59 Å². The SMILES string of the molecule is N#Cc1ccc(N2C(=O)CC3(CCCC3)CC2=O)c(N)c1. The summed E-state index contributed by atoms with van der Waals surface area (Å²) >= 11 is 0. The fraction of sp³-hybridized carbons (Fsp3) is 0.438. The molecule has 108 valence electrons. The number of benzene rings is 1. The van der Waals surface area contributed by atoms with E-state index in [1.807, 2.05) is 6.07 Å². The molecular weight excluding hydrogens is 266 g/mol. The summed E-state index contributed by atoms with van der Waals surface area (Å²) in [4.78, 5) is 26.1. The van der Waals surface area contributed by atoms with Crippen LogP contribution in [-0.4, -0.2) is 11.8 Å². The van der Waals surface area contributed by atoms with E-state index < -0.39 is 0 Å². The third-order valence-corrected chi connectivity index (χ3v) is 4.61. The predicted octanol–water partition coefficient (Wildman–Crippen LogP) is 2.35. The van der Waals surface area contributed by atoms with Gasteiger partial charge in [-0.25, -0.2) is 4.90 Å². The number of hydrogen-bond donors (Lipinski definition) is 1. The van der Waals surface area contributed by atoms with E-state index in [1.54, 1.807) is 12.1 Å². The van der Waals surface area contributed by atoms with Crippen LogP contribution in [0.4, 0.5) is 11.4 Å². The molecule has 3 rings (SSSR count). The molecule has 2 N–H and O–H groups in total. The molecule has 0 aromatic heterocycles. The number of imide groups is 1. The van der Waals surface area contributed by atoms with Gasteiger partial charge in [-0.05, 0) is 36.5 Å². The van der Waals surface area contributed by atoms with Crippen molar-refractivity contribution in [2.24, 2.45) is 5.41 Å². The van der Waals surface area contributed by atoms with Gasteiger partial charge in [-0.15, -0.1) is 0 Å². The zero-order valence-electron chi connectivity index (χ0n) is 11.8. The van der Waals surface area contributed by atoms with Gasteiger partial charge in [0.15, 0.2) is 0 Å². The van der Waals surface area contributed by atoms with Gasteiger partial charge in [0.25, 0.3) is 0 Å². The summed E-state index contributed by atoms with van der Waals surface area (Å²) < 4.78 is 0. The molecule has 2 fully saturated rings. The number of nitrogens with zero attached hydrogens (tertiary/aromatic N) is 2. The molecule has 1 aliphatic heterocycles. The number of nitrogen functional groups attached to an aromatic ring is 1.